The zero-order valence-electron chi connectivity index (χ0n) is 10.2. The van der Waals surface area contributed by atoms with Crippen molar-refractivity contribution in [2.75, 3.05) is 6.54 Å². The highest BCUT2D eigenvalue weighted by Gasteiger charge is 2.33. The highest BCUT2D eigenvalue weighted by molar-refractivity contribution is 6.15. The summed E-state index contributed by atoms with van der Waals surface area (Å²) >= 11 is 0. The van der Waals surface area contributed by atoms with E-state index in [9.17, 15) is 19.5 Å². The lowest BCUT2D eigenvalue weighted by molar-refractivity contribution is -0.305. The van der Waals surface area contributed by atoms with Crippen LogP contribution >= 0.6 is 0 Å². The summed E-state index contributed by atoms with van der Waals surface area (Å²) in [6.07, 6.45) is 1.50. The van der Waals surface area contributed by atoms with E-state index in [4.69, 9.17) is 0 Å². The van der Waals surface area contributed by atoms with Gasteiger partial charge in [0.05, 0.1) is 12.5 Å². The van der Waals surface area contributed by atoms with Crippen LogP contribution in [0.25, 0.3) is 6.08 Å². The van der Waals surface area contributed by atoms with Crippen molar-refractivity contribution < 1.29 is 19.5 Å². The number of hydrogen-bond donors (Lipinski definition) is 1. The van der Waals surface area contributed by atoms with Gasteiger partial charge in [-0.2, -0.15) is 0 Å². The second-order valence-electron chi connectivity index (χ2n) is 4.17. The van der Waals surface area contributed by atoms with Crippen LogP contribution < -0.4 is 10.4 Å². The van der Waals surface area contributed by atoms with E-state index in [0.29, 0.717) is 4.90 Å². The topological polar surface area (TPSA) is 89.5 Å². The average Bonchev–Trinajstić information content (AvgIpc) is 2.57. The molecular weight excluding hydrogens is 248 g/mol. The molecule has 1 aromatic carbocycles. The van der Waals surface area contributed by atoms with Crippen molar-refractivity contribution in [3.05, 3.63) is 41.1 Å². The Balaban J connectivity index is 2.25. The molecule has 1 aromatic rings. The molecule has 1 aliphatic rings. The number of carboxylic acid groups (broad SMARTS) is 1. The van der Waals surface area contributed by atoms with Crippen LogP contribution in [0.2, 0.25) is 0 Å². The maximum absolute atomic E-state index is 11.8. The van der Waals surface area contributed by atoms with Crippen LogP contribution in [-0.2, 0) is 9.59 Å². The molecule has 1 aliphatic heterocycles. The summed E-state index contributed by atoms with van der Waals surface area (Å²) in [4.78, 5) is 34.3. The zero-order chi connectivity index (χ0) is 14.0. The van der Waals surface area contributed by atoms with Crippen molar-refractivity contribution in [2.24, 2.45) is 0 Å². The van der Waals surface area contributed by atoms with Gasteiger partial charge in [-0.25, -0.2) is 4.79 Å². The average molecular weight is 259 g/mol. The highest BCUT2D eigenvalue weighted by Crippen LogP contribution is 2.14. The number of carbonyl (C=O) groups is 3. The van der Waals surface area contributed by atoms with Gasteiger partial charge in [0.1, 0.15) is 5.70 Å². The molecule has 6 nitrogen and oxygen atoms in total. The van der Waals surface area contributed by atoms with E-state index < -0.39 is 24.5 Å². The fourth-order valence-electron chi connectivity index (χ4n) is 1.77. The van der Waals surface area contributed by atoms with Crippen LogP contribution in [-0.4, -0.2) is 29.4 Å². The molecular formula is C13H11N2O4-. The lowest BCUT2D eigenvalue weighted by Crippen LogP contribution is -2.41. The molecule has 0 aromatic heterocycles. The Hall–Kier alpha value is -2.63. The van der Waals surface area contributed by atoms with Gasteiger partial charge in [0.2, 0.25) is 0 Å². The van der Waals surface area contributed by atoms with Crippen LogP contribution in [0, 0.1) is 6.92 Å². The molecule has 0 unspecified atom stereocenters. The molecule has 0 aliphatic carbocycles. The number of aryl methyl sites for hydroxylation is 1. The minimum atomic E-state index is -1.49. The summed E-state index contributed by atoms with van der Waals surface area (Å²) < 4.78 is 0. The zero-order valence-corrected chi connectivity index (χ0v) is 10.2. The Morgan fingerprint density at radius 2 is 2.16 bits per heavy atom. The van der Waals surface area contributed by atoms with Crippen molar-refractivity contribution in [1.29, 1.82) is 0 Å². The molecule has 1 heterocycles. The minimum Gasteiger partial charge on any atom is -0.548 e. The number of benzene rings is 1. The Bertz CT molecular complexity index is 592. The first kappa shape index (κ1) is 12.8. The standard InChI is InChI=1S/C13H12N2O4/c1-8-3-2-4-9(5-8)6-10-12(18)15(7-11(16)17)13(19)14-10/h2-6H,7H2,1H3,(H,14,19)(H,16,17)/p-1/b10-6+. The number of amides is 3. The van der Waals surface area contributed by atoms with Crippen LogP contribution in [0.1, 0.15) is 11.1 Å². The van der Waals surface area contributed by atoms with E-state index in [0.717, 1.165) is 11.1 Å². The summed E-state index contributed by atoms with van der Waals surface area (Å²) in [5.74, 6) is -2.16. The van der Waals surface area contributed by atoms with Crippen molar-refractivity contribution in [3.63, 3.8) is 0 Å². The summed E-state index contributed by atoms with van der Waals surface area (Å²) in [6.45, 7) is 1.15. The molecule has 1 N–H and O–H groups in total. The molecule has 0 spiro atoms. The molecule has 0 radical (unpaired) electrons. The van der Waals surface area contributed by atoms with Gasteiger partial charge in [-0.1, -0.05) is 29.8 Å². The number of carbonyl (C=O) groups excluding carboxylic acids is 3. The molecule has 0 saturated carbocycles. The number of carboxylic acids is 1. The molecule has 6 heteroatoms. The monoisotopic (exact) mass is 259 g/mol. The third kappa shape index (κ3) is 2.79. The molecule has 2 rings (SSSR count). The molecule has 1 fully saturated rings. The third-order valence-electron chi connectivity index (χ3n) is 2.60. The van der Waals surface area contributed by atoms with Crippen molar-refractivity contribution in [3.8, 4) is 0 Å². The van der Waals surface area contributed by atoms with E-state index in [1.807, 2.05) is 25.1 Å². The molecule has 98 valence electrons. The Morgan fingerprint density at radius 1 is 1.42 bits per heavy atom. The first-order valence-electron chi connectivity index (χ1n) is 5.58. The molecule has 3 amide bonds. The van der Waals surface area contributed by atoms with E-state index >= 15 is 0 Å². The van der Waals surface area contributed by atoms with Gasteiger partial charge in [0.25, 0.3) is 5.91 Å². The minimum absolute atomic E-state index is 0.0526. The number of imide groups is 1. The van der Waals surface area contributed by atoms with Crippen LogP contribution in [0.3, 0.4) is 0 Å². The Labute approximate surface area is 109 Å². The van der Waals surface area contributed by atoms with Gasteiger partial charge < -0.3 is 15.2 Å². The SMILES string of the molecule is Cc1cccc(/C=C2/NC(=O)N(CC(=O)[O-])C2=O)c1. The fraction of sp³-hybridized carbons (Fsp3) is 0.154. The first-order valence-corrected chi connectivity index (χ1v) is 5.58. The number of hydrogen-bond acceptors (Lipinski definition) is 4. The van der Waals surface area contributed by atoms with Crippen molar-refractivity contribution in [2.45, 2.75) is 6.92 Å². The molecule has 19 heavy (non-hydrogen) atoms. The highest BCUT2D eigenvalue weighted by atomic mass is 16.4. The van der Waals surface area contributed by atoms with E-state index in [1.54, 1.807) is 6.07 Å². The predicted octanol–water partition coefficient (Wildman–Crippen LogP) is -0.362. The molecule has 0 bridgehead atoms. The van der Waals surface area contributed by atoms with E-state index in [1.165, 1.54) is 6.08 Å². The maximum atomic E-state index is 11.8. The quantitative estimate of drug-likeness (QED) is 0.593. The fourth-order valence-corrected chi connectivity index (χ4v) is 1.77. The summed E-state index contributed by atoms with van der Waals surface area (Å²) in [5.41, 5.74) is 1.81. The summed E-state index contributed by atoms with van der Waals surface area (Å²) in [7, 11) is 0. The first-order chi connectivity index (χ1) is 8.97. The predicted molar refractivity (Wildman–Crippen MR) is 64.4 cm³/mol. The lowest BCUT2D eigenvalue weighted by Gasteiger charge is -2.11. The van der Waals surface area contributed by atoms with Crippen LogP contribution in [0.4, 0.5) is 4.79 Å². The summed E-state index contributed by atoms with van der Waals surface area (Å²) in [5, 5.41) is 12.8. The number of nitrogens with one attached hydrogen (secondary N) is 1. The Morgan fingerprint density at radius 3 is 2.79 bits per heavy atom. The second kappa shape index (κ2) is 4.93. The Kier molecular flexibility index (Phi) is 3.33. The normalized spacial score (nSPS) is 16.9. The largest absolute Gasteiger partial charge is 0.548 e. The van der Waals surface area contributed by atoms with Gasteiger partial charge in [0, 0.05) is 0 Å². The van der Waals surface area contributed by atoms with Gasteiger partial charge in [-0.3, -0.25) is 9.69 Å². The maximum Gasteiger partial charge on any atom is 0.329 e. The summed E-state index contributed by atoms with van der Waals surface area (Å²) in [6, 6.07) is 6.59. The number of rotatable bonds is 3. The molecule has 0 atom stereocenters. The molecule has 1 saturated heterocycles. The van der Waals surface area contributed by atoms with Crippen molar-refractivity contribution in [1.82, 2.24) is 10.2 Å². The third-order valence-corrected chi connectivity index (χ3v) is 2.60. The second-order valence-corrected chi connectivity index (χ2v) is 4.17. The number of urea groups is 1. The van der Waals surface area contributed by atoms with E-state index in [2.05, 4.69) is 5.32 Å². The number of aliphatic carboxylic acids is 1. The van der Waals surface area contributed by atoms with Gasteiger partial charge in [-0.05, 0) is 18.6 Å². The number of nitrogens with zero attached hydrogens (tertiary/aromatic N) is 1. The van der Waals surface area contributed by atoms with E-state index in [-0.39, 0.29) is 5.70 Å². The van der Waals surface area contributed by atoms with Gasteiger partial charge >= 0.3 is 6.03 Å². The van der Waals surface area contributed by atoms with Crippen LogP contribution in [0.15, 0.2) is 30.0 Å². The van der Waals surface area contributed by atoms with Crippen molar-refractivity contribution >= 4 is 24.0 Å². The smallest absolute Gasteiger partial charge is 0.329 e. The van der Waals surface area contributed by atoms with Crippen LogP contribution in [0.5, 0.6) is 0 Å². The lowest BCUT2D eigenvalue weighted by atomic mass is 10.1. The van der Waals surface area contributed by atoms with Gasteiger partial charge in [0.15, 0.2) is 0 Å². The van der Waals surface area contributed by atoms with Gasteiger partial charge in [-0.15, -0.1) is 0 Å².